The third-order valence-corrected chi connectivity index (χ3v) is 4.47. The van der Waals surface area contributed by atoms with Crippen LogP contribution in [0.3, 0.4) is 0 Å². The summed E-state index contributed by atoms with van der Waals surface area (Å²) in [6, 6.07) is 12.8. The Labute approximate surface area is 152 Å². The van der Waals surface area contributed by atoms with Crippen LogP contribution in [0.2, 0.25) is 5.02 Å². The average Bonchev–Trinajstić information content (AvgIpc) is 2.99. The van der Waals surface area contributed by atoms with E-state index in [2.05, 4.69) is 16.3 Å². The number of amides is 1. The molecule has 1 amide bonds. The Morgan fingerprint density at radius 2 is 2.16 bits per heavy atom. The number of hydrogen-bond acceptors (Lipinski definition) is 3. The molecule has 0 radical (unpaired) electrons. The Morgan fingerprint density at radius 1 is 1.28 bits per heavy atom. The first-order valence-electron chi connectivity index (χ1n) is 8.40. The Balaban J connectivity index is 1.41. The van der Waals surface area contributed by atoms with E-state index in [0.29, 0.717) is 6.54 Å². The number of nitrogens with one attached hydrogen (secondary N) is 1. The predicted octanol–water partition coefficient (Wildman–Crippen LogP) is 3.63. The highest BCUT2D eigenvalue weighted by atomic mass is 35.5. The highest BCUT2D eigenvalue weighted by Crippen LogP contribution is 2.30. The minimum atomic E-state index is -0.128. The molecule has 3 rings (SSSR count). The van der Waals surface area contributed by atoms with Gasteiger partial charge in [-0.1, -0.05) is 23.7 Å². The molecule has 0 saturated carbocycles. The fourth-order valence-corrected chi connectivity index (χ4v) is 3.21. The summed E-state index contributed by atoms with van der Waals surface area (Å²) >= 11 is 6.03. The van der Waals surface area contributed by atoms with Gasteiger partial charge in [-0.05, 0) is 60.4 Å². The summed E-state index contributed by atoms with van der Waals surface area (Å²) in [4.78, 5) is 14.2. The van der Waals surface area contributed by atoms with E-state index in [9.17, 15) is 9.90 Å². The minimum absolute atomic E-state index is 0.128. The first-order chi connectivity index (χ1) is 12.1. The molecule has 0 aliphatic carbocycles. The number of aromatic hydroxyl groups is 1. The van der Waals surface area contributed by atoms with Crippen LogP contribution in [0.25, 0.3) is 6.08 Å². The molecule has 2 aromatic rings. The number of carbonyl (C=O) groups is 1. The molecule has 1 heterocycles. The van der Waals surface area contributed by atoms with E-state index in [1.54, 1.807) is 24.3 Å². The first-order valence-corrected chi connectivity index (χ1v) is 8.78. The Kier molecular flexibility index (Phi) is 5.61. The molecule has 130 valence electrons. The summed E-state index contributed by atoms with van der Waals surface area (Å²) in [6.45, 7) is 2.54. The van der Waals surface area contributed by atoms with Crippen LogP contribution in [0.5, 0.6) is 5.75 Å². The van der Waals surface area contributed by atoms with Gasteiger partial charge in [0.05, 0.1) is 0 Å². The molecule has 2 N–H and O–H groups in total. The molecular formula is C20H21ClN2O2. The summed E-state index contributed by atoms with van der Waals surface area (Å²) in [5.74, 6) is 0.0617. The second kappa shape index (κ2) is 8.08. The number of benzene rings is 2. The van der Waals surface area contributed by atoms with Crippen LogP contribution in [0.15, 0.2) is 48.5 Å². The van der Waals surface area contributed by atoms with Gasteiger partial charge >= 0.3 is 0 Å². The lowest BCUT2D eigenvalue weighted by Gasteiger charge is -2.19. The number of phenols is 1. The second-order valence-corrected chi connectivity index (χ2v) is 6.52. The summed E-state index contributed by atoms with van der Waals surface area (Å²) in [6.07, 6.45) is 5.08. The van der Waals surface area contributed by atoms with Crippen molar-refractivity contribution >= 4 is 29.3 Å². The van der Waals surface area contributed by atoms with Crippen LogP contribution < -0.4 is 10.2 Å². The number of anilines is 1. The van der Waals surface area contributed by atoms with Gasteiger partial charge in [-0.25, -0.2) is 0 Å². The molecule has 0 bridgehead atoms. The van der Waals surface area contributed by atoms with E-state index in [4.69, 9.17) is 11.6 Å². The van der Waals surface area contributed by atoms with Crippen LogP contribution in [0.1, 0.15) is 17.5 Å². The minimum Gasteiger partial charge on any atom is -0.508 e. The maximum Gasteiger partial charge on any atom is 0.244 e. The molecule has 25 heavy (non-hydrogen) atoms. The molecule has 4 nitrogen and oxygen atoms in total. The van der Waals surface area contributed by atoms with Gasteiger partial charge in [-0.3, -0.25) is 4.79 Å². The standard InChI is InChI=1S/C20H21ClN2O2/c21-17-6-7-19-16(14-17)9-12-23(19)11-2-10-22-20(25)8-5-15-3-1-4-18(24)13-15/h1,3-8,13-14,24H,2,9-12H2,(H,22,25)/b8-5+. The van der Waals surface area contributed by atoms with Gasteiger partial charge < -0.3 is 15.3 Å². The Hall–Kier alpha value is -2.46. The number of halogens is 1. The van der Waals surface area contributed by atoms with Crippen LogP contribution in [0, 0.1) is 0 Å². The molecule has 0 saturated heterocycles. The second-order valence-electron chi connectivity index (χ2n) is 6.08. The van der Waals surface area contributed by atoms with Gasteiger partial charge in [0.25, 0.3) is 0 Å². The van der Waals surface area contributed by atoms with Crippen molar-refractivity contribution in [3.05, 3.63) is 64.7 Å². The van der Waals surface area contributed by atoms with Crippen molar-refractivity contribution in [2.45, 2.75) is 12.8 Å². The van der Waals surface area contributed by atoms with Crippen molar-refractivity contribution < 1.29 is 9.90 Å². The molecule has 0 unspecified atom stereocenters. The largest absolute Gasteiger partial charge is 0.508 e. The number of fused-ring (bicyclic) bond motifs is 1. The van der Waals surface area contributed by atoms with Crippen molar-refractivity contribution in [3.8, 4) is 5.75 Å². The summed E-state index contributed by atoms with van der Waals surface area (Å²) in [5, 5.41) is 13.1. The molecule has 0 aromatic heterocycles. The lowest BCUT2D eigenvalue weighted by atomic mass is 10.2. The number of hydrogen-bond donors (Lipinski definition) is 2. The zero-order chi connectivity index (χ0) is 17.6. The quantitative estimate of drug-likeness (QED) is 0.614. The van der Waals surface area contributed by atoms with E-state index in [1.807, 2.05) is 18.2 Å². The monoisotopic (exact) mass is 356 g/mol. The summed E-state index contributed by atoms with van der Waals surface area (Å²) in [7, 11) is 0. The fourth-order valence-electron chi connectivity index (χ4n) is 3.01. The number of carbonyl (C=O) groups excluding carboxylic acids is 1. The topological polar surface area (TPSA) is 52.6 Å². The zero-order valence-electron chi connectivity index (χ0n) is 13.9. The molecule has 1 aliphatic rings. The number of rotatable bonds is 6. The lowest BCUT2D eigenvalue weighted by Crippen LogP contribution is -2.28. The molecule has 0 atom stereocenters. The maximum absolute atomic E-state index is 11.8. The molecular weight excluding hydrogens is 336 g/mol. The van der Waals surface area contributed by atoms with Crippen LogP contribution in [-0.2, 0) is 11.2 Å². The summed E-state index contributed by atoms with van der Waals surface area (Å²) < 4.78 is 0. The number of phenolic OH excluding ortho intramolecular Hbond substituents is 1. The number of nitrogens with zero attached hydrogens (tertiary/aromatic N) is 1. The van der Waals surface area contributed by atoms with Crippen LogP contribution in [0.4, 0.5) is 5.69 Å². The summed E-state index contributed by atoms with van der Waals surface area (Å²) in [5.41, 5.74) is 3.34. The molecule has 5 heteroatoms. The Bertz CT molecular complexity index is 789. The average molecular weight is 357 g/mol. The molecule has 0 spiro atoms. The molecule has 1 aliphatic heterocycles. The molecule has 2 aromatic carbocycles. The Morgan fingerprint density at radius 3 is 3.00 bits per heavy atom. The third-order valence-electron chi connectivity index (χ3n) is 4.23. The van der Waals surface area contributed by atoms with E-state index >= 15 is 0 Å². The van der Waals surface area contributed by atoms with Crippen molar-refractivity contribution in [1.29, 1.82) is 0 Å². The zero-order valence-corrected chi connectivity index (χ0v) is 14.7. The van der Waals surface area contributed by atoms with E-state index < -0.39 is 0 Å². The third kappa shape index (κ3) is 4.77. The molecule has 0 fully saturated rings. The van der Waals surface area contributed by atoms with Crippen molar-refractivity contribution in [3.63, 3.8) is 0 Å². The normalized spacial score (nSPS) is 13.2. The van der Waals surface area contributed by atoms with Crippen molar-refractivity contribution in [1.82, 2.24) is 5.32 Å². The van der Waals surface area contributed by atoms with Gasteiger partial charge in [0.2, 0.25) is 5.91 Å². The lowest BCUT2D eigenvalue weighted by molar-refractivity contribution is -0.116. The van der Waals surface area contributed by atoms with Gasteiger partial charge in [0, 0.05) is 36.4 Å². The SMILES string of the molecule is O=C(/C=C/c1cccc(O)c1)NCCCN1CCc2cc(Cl)ccc21. The van der Waals surface area contributed by atoms with Crippen LogP contribution in [-0.4, -0.2) is 30.6 Å². The maximum atomic E-state index is 11.8. The van der Waals surface area contributed by atoms with Gasteiger partial charge in [-0.15, -0.1) is 0 Å². The highest BCUT2D eigenvalue weighted by molar-refractivity contribution is 6.30. The predicted molar refractivity (Wildman–Crippen MR) is 102 cm³/mol. The first kappa shape index (κ1) is 17.4. The van der Waals surface area contributed by atoms with Crippen molar-refractivity contribution in [2.24, 2.45) is 0 Å². The highest BCUT2D eigenvalue weighted by Gasteiger charge is 2.18. The van der Waals surface area contributed by atoms with E-state index in [0.717, 1.165) is 36.5 Å². The van der Waals surface area contributed by atoms with E-state index in [1.165, 1.54) is 17.3 Å². The van der Waals surface area contributed by atoms with Gasteiger partial charge in [0.15, 0.2) is 0 Å². The van der Waals surface area contributed by atoms with Gasteiger partial charge in [0.1, 0.15) is 5.75 Å². The van der Waals surface area contributed by atoms with Crippen LogP contribution >= 0.6 is 11.6 Å². The van der Waals surface area contributed by atoms with Gasteiger partial charge in [-0.2, -0.15) is 0 Å². The van der Waals surface area contributed by atoms with Crippen molar-refractivity contribution in [2.75, 3.05) is 24.5 Å². The fraction of sp³-hybridized carbons (Fsp3) is 0.250. The smallest absolute Gasteiger partial charge is 0.244 e. The van der Waals surface area contributed by atoms with E-state index in [-0.39, 0.29) is 11.7 Å².